The summed E-state index contributed by atoms with van der Waals surface area (Å²) in [4.78, 5) is 10.5. The normalized spacial score (nSPS) is 11.4. The summed E-state index contributed by atoms with van der Waals surface area (Å²) < 4.78 is 5.06. The molecule has 6 nitrogen and oxygen atoms in total. The predicted molar refractivity (Wildman–Crippen MR) is 78.5 cm³/mol. The molecule has 0 aromatic carbocycles. The fourth-order valence-corrected chi connectivity index (χ4v) is 2.10. The van der Waals surface area contributed by atoms with Crippen LogP contribution in [0, 0.1) is 0 Å². The van der Waals surface area contributed by atoms with Crippen molar-refractivity contribution in [2.75, 3.05) is 31.2 Å². The van der Waals surface area contributed by atoms with Gasteiger partial charge in [0.25, 0.3) is 0 Å². The maximum absolute atomic E-state index is 5.90. The van der Waals surface area contributed by atoms with Crippen molar-refractivity contribution in [2.45, 2.75) is 39.8 Å². The van der Waals surface area contributed by atoms with Gasteiger partial charge in [-0.25, -0.2) is 4.98 Å². The summed E-state index contributed by atoms with van der Waals surface area (Å²) in [6.45, 7) is 10.5. The Bertz CT molecular complexity index is 387. The summed E-state index contributed by atoms with van der Waals surface area (Å²) >= 11 is 0. The summed E-state index contributed by atoms with van der Waals surface area (Å²) in [6, 6.07) is 1.03. The van der Waals surface area contributed by atoms with Crippen molar-refractivity contribution in [1.82, 2.24) is 14.9 Å². The van der Waals surface area contributed by atoms with Crippen molar-refractivity contribution < 1.29 is 4.74 Å². The summed E-state index contributed by atoms with van der Waals surface area (Å²) in [7, 11) is 1.54. The van der Waals surface area contributed by atoms with Crippen molar-refractivity contribution in [3.63, 3.8) is 0 Å². The summed E-state index contributed by atoms with van der Waals surface area (Å²) in [5, 5.41) is 3.23. The fraction of sp³-hybridized carbons (Fsp3) is 0.692. The van der Waals surface area contributed by atoms with Gasteiger partial charge in [0.2, 0.25) is 5.88 Å². The average molecular weight is 267 g/mol. The average Bonchev–Trinajstić information content (AvgIpc) is 2.35. The van der Waals surface area contributed by atoms with Crippen molar-refractivity contribution in [3.8, 4) is 5.88 Å². The molecule has 0 saturated carbocycles. The summed E-state index contributed by atoms with van der Waals surface area (Å²) in [5.41, 5.74) is 6.35. The second kappa shape index (κ2) is 7.13. The first-order chi connectivity index (χ1) is 8.97. The topological polar surface area (TPSA) is 76.3 Å². The van der Waals surface area contributed by atoms with Crippen molar-refractivity contribution >= 4 is 11.5 Å². The number of hydrogen-bond acceptors (Lipinski definition) is 6. The molecular formula is C13H25N5O. The van der Waals surface area contributed by atoms with E-state index in [-0.39, 0.29) is 0 Å². The standard InChI is InChI=1S/C13H25N5O/c1-9(2)18(10(3)4)7-6-15-12-11(14)13(19-5)17-8-16-12/h8-10H,6-7,14H2,1-5H3,(H,15,16,17). The number of methoxy groups -OCH3 is 1. The molecule has 0 aliphatic rings. The van der Waals surface area contributed by atoms with Gasteiger partial charge in [-0.2, -0.15) is 4.98 Å². The van der Waals surface area contributed by atoms with Gasteiger partial charge in [0.05, 0.1) is 7.11 Å². The van der Waals surface area contributed by atoms with Crippen molar-refractivity contribution in [2.24, 2.45) is 0 Å². The SMILES string of the molecule is COc1ncnc(NCCN(C(C)C)C(C)C)c1N. The van der Waals surface area contributed by atoms with Crippen LogP contribution in [0.2, 0.25) is 0 Å². The number of aromatic nitrogens is 2. The maximum Gasteiger partial charge on any atom is 0.242 e. The van der Waals surface area contributed by atoms with Gasteiger partial charge in [-0.05, 0) is 27.7 Å². The first-order valence-electron chi connectivity index (χ1n) is 6.61. The Balaban J connectivity index is 2.58. The zero-order valence-corrected chi connectivity index (χ0v) is 12.5. The molecule has 0 amide bonds. The van der Waals surface area contributed by atoms with Gasteiger partial charge >= 0.3 is 0 Å². The Kier molecular flexibility index (Phi) is 5.82. The van der Waals surface area contributed by atoms with Crippen LogP contribution >= 0.6 is 0 Å². The molecule has 108 valence electrons. The van der Waals surface area contributed by atoms with E-state index in [4.69, 9.17) is 10.5 Å². The third-order valence-corrected chi connectivity index (χ3v) is 3.03. The number of ether oxygens (including phenoxy) is 1. The second-order valence-electron chi connectivity index (χ2n) is 5.00. The smallest absolute Gasteiger partial charge is 0.242 e. The molecule has 1 heterocycles. The van der Waals surface area contributed by atoms with E-state index in [1.54, 1.807) is 7.11 Å². The van der Waals surface area contributed by atoms with Crippen LogP contribution in [0.25, 0.3) is 0 Å². The summed E-state index contributed by atoms with van der Waals surface area (Å²) in [5.74, 6) is 1.03. The van der Waals surface area contributed by atoms with Crippen LogP contribution in [-0.2, 0) is 0 Å². The first kappa shape index (κ1) is 15.5. The Morgan fingerprint density at radius 1 is 1.26 bits per heavy atom. The first-order valence-corrected chi connectivity index (χ1v) is 6.61. The molecule has 1 rings (SSSR count). The molecule has 0 aliphatic heterocycles. The minimum absolute atomic E-state index is 0.405. The van der Waals surface area contributed by atoms with Crippen LogP contribution in [-0.4, -0.2) is 47.2 Å². The van der Waals surface area contributed by atoms with E-state index in [1.165, 1.54) is 6.33 Å². The maximum atomic E-state index is 5.90. The third-order valence-electron chi connectivity index (χ3n) is 3.03. The minimum Gasteiger partial charge on any atom is -0.479 e. The number of nitrogens with zero attached hydrogens (tertiary/aromatic N) is 3. The zero-order chi connectivity index (χ0) is 14.4. The van der Waals surface area contributed by atoms with Crippen molar-refractivity contribution in [3.05, 3.63) is 6.33 Å². The van der Waals surface area contributed by atoms with Gasteiger partial charge in [0.1, 0.15) is 12.0 Å². The zero-order valence-electron chi connectivity index (χ0n) is 12.5. The van der Waals surface area contributed by atoms with Gasteiger partial charge in [-0.15, -0.1) is 0 Å². The highest BCUT2D eigenvalue weighted by molar-refractivity contribution is 5.66. The lowest BCUT2D eigenvalue weighted by Crippen LogP contribution is -2.40. The molecular weight excluding hydrogens is 242 g/mol. The molecule has 19 heavy (non-hydrogen) atoms. The minimum atomic E-state index is 0.405. The number of hydrogen-bond donors (Lipinski definition) is 2. The van der Waals surface area contributed by atoms with Crippen molar-refractivity contribution in [1.29, 1.82) is 0 Å². The van der Waals surface area contributed by atoms with E-state index in [0.29, 0.717) is 29.5 Å². The predicted octanol–water partition coefficient (Wildman–Crippen LogP) is 1.60. The molecule has 0 aliphatic carbocycles. The molecule has 3 N–H and O–H groups in total. The molecule has 0 radical (unpaired) electrons. The second-order valence-corrected chi connectivity index (χ2v) is 5.00. The fourth-order valence-electron chi connectivity index (χ4n) is 2.10. The molecule has 1 aromatic rings. The lowest BCUT2D eigenvalue weighted by atomic mass is 10.2. The number of anilines is 2. The van der Waals surface area contributed by atoms with E-state index < -0.39 is 0 Å². The lowest BCUT2D eigenvalue weighted by Gasteiger charge is -2.30. The number of nitrogens with one attached hydrogen (secondary N) is 1. The highest BCUT2D eigenvalue weighted by Crippen LogP contribution is 2.23. The van der Waals surface area contributed by atoms with E-state index in [2.05, 4.69) is 47.9 Å². The van der Waals surface area contributed by atoms with Crippen LogP contribution in [0.1, 0.15) is 27.7 Å². The summed E-state index contributed by atoms with van der Waals surface area (Å²) in [6.07, 6.45) is 1.44. The molecule has 0 atom stereocenters. The van der Waals surface area contributed by atoms with Gasteiger partial charge in [0, 0.05) is 25.2 Å². The van der Waals surface area contributed by atoms with E-state index in [0.717, 1.165) is 13.1 Å². The van der Waals surface area contributed by atoms with Gasteiger partial charge in [0.15, 0.2) is 5.82 Å². The molecule has 0 spiro atoms. The quantitative estimate of drug-likeness (QED) is 0.781. The Morgan fingerprint density at radius 3 is 2.42 bits per heavy atom. The van der Waals surface area contributed by atoms with Crippen LogP contribution in [0.15, 0.2) is 6.33 Å². The molecule has 0 unspecified atom stereocenters. The van der Waals surface area contributed by atoms with Crippen LogP contribution in [0.5, 0.6) is 5.88 Å². The Labute approximate surface area is 115 Å². The van der Waals surface area contributed by atoms with E-state index in [9.17, 15) is 0 Å². The number of rotatable bonds is 7. The monoisotopic (exact) mass is 267 g/mol. The third kappa shape index (κ3) is 4.24. The Morgan fingerprint density at radius 2 is 1.89 bits per heavy atom. The highest BCUT2D eigenvalue weighted by Gasteiger charge is 2.13. The van der Waals surface area contributed by atoms with Gasteiger partial charge in [-0.1, -0.05) is 0 Å². The molecule has 1 aromatic heterocycles. The van der Waals surface area contributed by atoms with E-state index >= 15 is 0 Å². The van der Waals surface area contributed by atoms with Crippen LogP contribution < -0.4 is 15.8 Å². The molecule has 6 heteroatoms. The number of nitrogen functional groups attached to an aromatic ring is 1. The molecule has 0 fully saturated rings. The molecule has 0 saturated heterocycles. The lowest BCUT2D eigenvalue weighted by molar-refractivity contribution is 0.182. The van der Waals surface area contributed by atoms with E-state index in [1.807, 2.05) is 0 Å². The largest absolute Gasteiger partial charge is 0.479 e. The van der Waals surface area contributed by atoms with Gasteiger partial charge in [-0.3, -0.25) is 4.90 Å². The highest BCUT2D eigenvalue weighted by atomic mass is 16.5. The van der Waals surface area contributed by atoms with Gasteiger partial charge < -0.3 is 15.8 Å². The van der Waals surface area contributed by atoms with Crippen LogP contribution in [0.3, 0.4) is 0 Å². The number of nitrogens with two attached hydrogens (primary N) is 1. The molecule has 0 bridgehead atoms. The van der Waals surface area contributed by atoms with Crippen LogP contribution in [0.4, 0.5) is 11.5 Å². The Hall–Kier alpha value is -1.56.